The minimum absolute atomic E-state index is 0.108. The van der Waals surface area contributed by atoms with Gasteiger partial charge in [-0.15, -0.1) is 0 Å². The number of carbonyl (C=O) groups is 1. The van der Waals surface area contributed by atoms with E-state index in [0.717, 1.165) is 17.8 Å². The summed E-state index contributed by atoms with van der Waals surface area (Å²) < 4.78 is 4.96. The summed E-state index contributed by atoms with van der Waals surface area (Å²) >= 11 is 0. The van der Waals surface area contributed by atoms with Gasteiger partial charge in [0.25, 0.3) is 0 Å². The first kappa shape index (κ1) is 17.0. The Kier molecular flexibility index (Phi) is 7.23. The summed E-state index contributed by atoms with van der Waals surface area (Å²) in [6, 6.07) is 7.82. The van der Waals surface area contributed by atoms with Crippen molar-refractivity contribution in [3.8, 4) is 6.07 Å². The molecule has 0 spiro atoms. The Morgan fingerprint density at radius 2 is 2.29 bits per heavy atom. The number of nitrogens with zero attached hydrogens (tertiary/aromatic N) is 2. The Morgan fingerprint density at radius 1 is 1.52 bits per heavy atom. The summed E-state index contributed by atoms with van der Waals surface area (Å²) in [5, 5.41) is 12.5. The third-order valence-electron chi connectivity index (χ3n) is 3.06. The van der Waals surface area contributed by atoms with Crippen LogP contribution in [0.3, 0.4) is 0 Å². The maximum atomic E-state index is 11.1. The number of nitriles is 1. The predicted molar refractivity (Wildman–Crippen MR) is 81.8 cm³/mol. The minimum Gasteiger partial charge on any atom is -0.383 e. The zero-order valence-electron chi connectivity index (χ0n) is 12.6. The second kappa shape index (κ2) is 8.95. The Bertz CT molecular complexity index is 511. The molecule has 1 amide bonds. The lowest BCUT2D eigenvalue weighted by Gasteiger charge is -2.22. The molecule has 3 N–H and O–H groups in total. The molecule has 21 heavy (non-hydrogen) atoms. The monoisotopic (exact) mass is 290 g/mol. The van der Waals surface area contributed by atoms with E-state index in [9.17, 15) is 10.1 Å². The van der Waals surface area contributed by atoms with Gasteiger partial charge in [0.2, 0.25) is 5.91 Å². The highest BCUT2D eigenvalue weighted by Gasteiger charge is 2.12. The molecule has 114 valence electrons. The molecule has 0 aliphatic carbocycles. The number of carbonyl (C=O) groups excluding carboxylic acids is 1. The maximum absolute atomic E-state index is 11.1. The lowest BCUT2D eigenvalue weighted by Crippen LogP contribution is -2.34. The second-order valence-electron chi connectivity index (χ2n) is 4.61. The molecule has 0 saturated carbocycles. The number of nitrogens with two attached hydrogens (primary N) is 1. The van der Waals surface area contributed by atoms with Gasteiger partial charge in [0.1, 0.15) is 6.07 Å². The van der Waals surface area contributed by atoms with Gasteiger partial charge < -0.3 is 20.7 Å². The molecule has 0 aliphatic heterocycles. The highest BCUT2D eigenvalue weighted by Crippen LogP contribution is 2.21. The number of nitrogens with one attached hydrogen (secondary N) is 1. The van der Waals surface area contributed by atoms with Gasteiger partial charge in [0.15, 0.2) is 0 Å². The summed E-state index contributed by atoms with van der Waals surface area (Å²) in [6.07, 6.45) is 0. The van der Waals surface area contributed by atoms with Crippen molar-refractivity contribution in [3.05, 3.63) is 29.3 Å². The van der Waals surface area contributed by atoms with Crippen molar-refractivity contribution in [1.82, 2.24) is 5.32 Å². The van der Waals surface area contributed by atoms with E-state index in [1.165, 1.54) is 0 Å². The number of hydrogen-bond acceptors (Lipinski definition) is 5. The van der Waals surface area contributed by atoms with Crippen molar-refractivity contribution in [1.29, 1.82) is 5.26 Å². The zero-order valence-corrected chi connectivity index (χ0v) is 12.6. The van der Waals surface area contributed by atoms with Crippen molar-refractivity contribution in [2.45, 2.75) is 13.5 Å². The van der Waals surface area contributed by atoms with Gasteiger partial charge >= 0.3 is 0 Å². The van der Waals surface area contributed by atoms with E-state index in [2.05, 4.69) is 11.4 Å². The Balaban J connectivity index is 2.83. The van der Waals surface area contributed by atoms with E-state index < -0.39 is 5.91 Å². The topological polar surface area (TPSA) is 91.4 Å². The van der Waals surface area contributed by atoms with Gasteiger partial charge in [0, 0.05) is 26.7 Å². The van der Waals surface area contributed by atoms with E-state index in [1.54, 1.807) is 12.0 Å². The number of anilines is 1. The van der Waals surface area contributed by atoms with Gasteiger partial charge in [-0.3, -0.25) is 4.79 Å². The number of ether oxygens (including phenoxy) is 1. The van der Waals surface area contributed by atoms with Crippen molar-refractivity contribution in [2.24, 2.45) is 5.73 Å². The van der Waals surface area contributed by atoms with Gasteiger partial charge in [-0.2, -0.15) is 5.26 Å². The normalized spacial score (nSPS) is 10.1. The van der Waals surface area contributed by atoms with Crippen LogP contribution in [0.5, 0.6) is 0 Å². The number of rotatable bonds is 9. The molecular weight excluding hydrogens is 268 g/mol. The third kappa shape index (κ3) is 5.42. The first-order valence-corrected chi connectivity index (χ1v) is 6.88. The molecule has 0 aromatic heterocycles. The quantitative estimate of drug-likeness (QED) is 0.650. The summed E-state index contributed by atoms with van der Waals surface area (Å²) in [4.78, 5) is 12.9. The van der Waals surface area contributed by atoms with Crippen LogP contribution in [-0.4, -0.2) is 39.3 Å². The molecule has 1 aromatic rings. The average molecular weight is 290 g/mol. The van der Waals surface area contributed by atoms with Gasteiger partial charge in [-0.1, -0.05) is 6.07 Å². The predicted octanol–water partition coefficient (Wildman–Crippen LogP) is 0.606. The SMILES string of the molecule is CCN(CC(N)=O)c1ccc(CNCCOC)cc1C#N. The van der Waals surface area contributed by atoms with Crippen LogP contribution in [0.25, 0.3) is 0 Å². The highest BCUT2D eigenvalue weighted by molar-refractivity contribution is 5.80. The molecule has 0 radical (unpaired) electrons. The maximum Gasteiger partial charge on any atom is 0.236 e. The van der Waals surface area contributed by atoms with Crippen LogP contribution in [0.1, 0.15) is 18.1 Å². The first-order chi connectivity index (χ1) is 10.1. The first-order valence-electron chi connectivity index (χ1n) is 6.88. The molecule has 0 atom stereocenters. The Morgan fingerprint density at radius 3 is 2.86 bits per heavy atom. The van der Waals surface area contributed by atoms with Crippen molar-refractivity contribution in [2.75, 3.05) is 38.3 Å². The highest BCUT2D eigenvalue weighted by atomic mass is 16.5. The van der Waals surface area contributed by atoms with Gasteiger partial charge in [0.05, 0.1) is 24.4 Å². The fourth-order valence-corrected chi connectivity index (χ4v) is 2.02. The van der Waals surface area contributed by atoms with Crippen LogP contribution in [0.15, 0.2) is 18.2 Å². The van der Waals surface area contributed by atoms with Crippen LogP contribution in [-0.2, 0) is 16.1 Å². The van der Waals surface area contributed by atoms with Crippen LogP contribution < -0.4 is 16.0 Å². The lowest BCUT2D eigenvalue weighted by atomic mass is 10.1. The largest absolute Gasteiger partial charge is 0.383 e. The van der Waals surface area contributed by atoms with E-state index in [-0.39, 0.29) is 6.54 Å². The summed E-state index contributed by atoms with van der Waals surface area (Å²) in [5.41, 5.74) is 7.53. The second-order valence-corrected chi connectivity index (χ2v) is 4.61. The van der Waals surface area contributed by atoms with E-state index in [4.69, 9.17) is 10.5 Å². The summed E-state index contributed by atoms with van der Waals surface area (Å²) in [6.45, 7) is 4.71. The molecule has 0 heterocycles. The third-order valence-corrected chi connectivity index (χ3v) is 3.06. The molecule has 0 saturated heterocycles. The molecule has 1 rings (SSSR count). The Hall–Kier alpha value is -2.10. The van der Waals surface area contributed by atoms with E-state index >= 15 is 0 Å². The Labute approximate surface area is 125 Å². The molecular formula is C15H22N4O2. The summed E-state index contributed by atoms with van der Waals surface area (Å²) in [5.74, 6) is -0.411. The number of amides is 1. The smallest absolute Gasteiger partial charge is 0.236 e. The fourth-order valence-electron chi connectivity index (χ4n) is 2.02. The van der Waals surface area contributed by atoms with Crippen LogP contribution >= 0.6 is 0 Å². The minimum atomic E-state index is -0.411. The van der Waals surface area contributed by atoms with Crippen molar-refractivity contribution < 1.29 is 9.53 Å². The van der Waals surface area contributed by atoms with Gasteiger partial charge in [-0.05, 0) is 24.6 Å². The molecule has 0 unspecified atom stereocenters. The van der Waals surface area contributed by atoms with Crippen LogP contribution in [0.4, 0.5) is 5.69 Å². The molecule has 0 aliphatic rings. The number of likely N-dealkylation sites (N-methyl/N-ethyl adjacent to an activating group) is 1. The zero-order chi connectivity index (χ0) is 15.7. The molecule has 6 heteroatoms. The molecule has 0 fully saturated rings. The lowest BCUT2D eigenvalue weighted by molar-refractivity contribution is -0.116. The molecule has 6 nitrogen and oxygen atoms in total. The van der Waals surface area contributed by atoms with E-state index in [1.807, 2.05) is 25.1 Å². The fraction of sp³-hybridized carbons (Fsp3) is 0.467. The number of hydrogen-bond donors (Lipinski definition) is 2. The van der Waals surface area contributed by atoms with Gasteiger partial charge in [-0.25, -0.2) is 0 Å². The molecule has 0 bridgehead atoms. The standard InChI is InChI=1S/C15H22N4O2/c1-3-19(11-15(17)20)14-5-4-12(8-13(14)9-16)10-18-6-7-21-2/h4-5,8,18H,3,6-7,10-11H2,1-2H3,(H2,17,20). The average Bonchev–Trinajstić information content (AvgIpc) is 2.49. The number of primary amides is 1. The van der Waals surface area contributed by atoms with Crippen LogP contribution in [0.2, 0.25) is 0 Å². The number of methoxy groups -OCH3 is 1. The van der Waals surface area contributed by atoms with Crippen molar-refractivity contribution >= 4 is 11.6 Å². The summed E-state index contributed by atoms with van der Waals surface area (Å²) in [7, 11) is 1.66. The molecule has 1 aromatic carbocycles. The van der Waals surface area contributed by atoms with E-state index in [0.29, 0.717) is 25.3 Å². The van der Waals surface area contributed by atoms with Crippen molar-refractivity contribution in [3.63, 3.8) is 0 Å². The van der Waals surface area contributed by atoms with Crippen LogP contribution in [0, 0.1) is 11.3 Å². The number of benzene rings is 1.